The Morgan fingerprint density at radius 3 is 2.45 bits per heavy atom. The minimum absolute atomic E-state index is 0.0487. The lowest BCUT2D eigenvalue weighted by molar-refractivity contribution is -0.116. The van der Waals surface area contributed by atoms with Crippen LogP contribution in [0.25, 0.3) is 0 Å². The number of amides is 1. The van der Waals surface area contributed by atoms with Gasteiger partial charge in [-0.3, -0.25) is 4.79 Å². The molecule has 0 aromatic heterocycles. The standard InChI is InChI=1S/C16H25ClN2O/c1-4-9-19(10-5-2)11-8-16(20)18-15-12-14(17)7-6-13(15)3/h6-7,12H,4-5,8-11H2,1-3H3,(H,18,20). The number of benzene rings is 1. The summed E-state index contributed by atoms with van der Waals surface area (Å²) in [5.41, 5.74) is 1.83. The summed E-state index contributed by atoms with van der Waals surface area (Å²) in [6.07, 6.45) is 2.76. The van der Waals surface area contributed by atoms with Crippen LogP contribution in [0.3, 0.4) is 0 Å². The van der Waals surface area contributed by atoms with E-state index in [4.69, 9.17) is 11.6 Å². The maximum absolute atomic E-state index is 12.0. The van der Waals surface area contributed by atoms with Crippen molar-refractivity contribution in [2.45, 2.75) is 40.0 Å². The first-order valence-electron chi connectivity index (χ1n) is 7.35. The van der Waals surface area contributed by atoms with Gasteiger partial charge in [-0.1, -0.05) is 31.5 Å². The van der Waals surface area contributed by atoms with E-state index in [1.54, 1.807) is 6.07 Å². The number of rotatable bonds is 8. The van der Waals surface area contributed by atoms with E-state index < -0.39 is 0 Å². The number of nitrogens with zero attached hydrogens (tertiary/aromatic N) is 1. The zero-order valence-corrected chi connectivity index (χ0v) is 13.5. The van der Waals surface area contributed by atoms with Crippen molar-refractivity contribution in [3.63, 3.8) is 0 Å². The molecule has 0 fully saturated rings. The molecule has 0 saturated carbocycles. The van der Waals surface area contributed by atoms with Gasteiger partial charge < -0.3 is 10.2 Å². The lowest BCUT2D eigenvalue weighted by atomic mass is 10.2. The monoisotopic (exact) mass is 296 g/mol. The van der Waals surface area contributed by atoms with Gasteiger partial charge in [0, 0.05) is 23.7 Å². The van der Waals surface area contributed by atoms with Crippen LogP contribution in [0.5, 0.6) is 0 Å². The van der Waals surface area contributed by atoms with Crippen LogP contribution in [0.4, 0.5) is 5.69 Å². The molecule has 0 saturated heterocycles. The third kappa shape index (κ3) is 5.93. The average Bonchev–Trinajstić information content (AvgIpc) is 2.41. The molecule has 4 heteroatoms. The third-order valence-corrected chi connectivity index (χ3v) is 3.44. The molecule has 0 unspecified atom stereocenters. The highest BCUT2D eigenvalue weighted by molar-refractivity contribution is 6.31. The van der Waals surface area contributed by atoms with Crippen LogP contribution in [0.15, 0.2) is 18.2 Å². The highest BCUT2D eigenvalue weighted by Crippen LogP contribution is 2.20. The Balaban J connectivity index is 2.48. The minimum Gasteiger partial charge on any atom is -0.326 e. The van der Waals surface area contributed by atoms with Gasteiger partial charge in [0.05, 0.1) is 0 Å². The molecule has 0 spiro atoms. The molecule has 0 heterocycles. The molecule has 0 aliphatic carbocycles. The van der Waals surface area contributed by atoms with Crippen LogP contribution >= 0.6 is 11.6 Å². The zero-order valence-electron chi connectivity index (χ0n) is 12.7. The van der Waals surface area contributed by atoms with Gasteiger partial charge in [0.15, 0.2) is 0 Å². The first-order valence-corrected chi connectivity index (χ1v) is 7.73. The summed E-state index contributed by atoms with van der Waals surface area (Å²) in [5, 5.41) is 3.58. The number of anilines is 1. The van der Waals surface area contributed by atoms with Crippen molar-refractivity contribution in [3.8, 4) is 0 Å². The summed E-state index contributed by atoms with van der Waals surface area (Å²) in [5.74, 6) is 0.0487. The molecule has 112 valence electrons. The van der Waals surface area contributed by atoms with E-state index >= 15 is 0 Å². The Morgan fingerprint density at radius 2 is 1.85 bits per heavy atom. The molecule has 0 bridgehead atoms. The van der Waals surface area contributed by atoms with E-state index in [0.717, 1.165) is 43.7 Å². The van der Waals surface area contributed by atoms with E-state index in [1.807, 2.05) is 19.1 Å². The molecule has 1 amide bonds. The molecule has 1 aromatic carbocycles. The first-order chi connectivity index (χ1) is 9.56. The van der Waals surface area contributed by atoms with Crippen LogP contribution in [-0.4, -0.2) is 30.4 Å². The van der Waals surface area contributed by atoms with Crippen LogP contribution in [0.1, 0.15) is 38.7 Å². The second kappa shape index (κ2) is 8.98. The van der Waals surface area contributed by atoms with Crippen molar-refractivity contribution in [1.82, 2.24) is 4.90 Å². The van der Waals surface area contributed by atoms with Crippen LogP contribution in [0, 0.1) is 6.92 Å². The molecule has 1 N–H and O–H groups in total. The predicted molar refractivity (Wildman–Crippen MR) is 86.5 cm³/mol. The van der Waals surface area contributed by atoms with Crippen molar-refractivity contribution in [2.75, 3.05) is 25.0 Å². The Hall–Kier alpha value is -1.06. The van der Waals surface area contributed by atoms with Gasteiger partial charge >= 0.3 is 0 Å². The smallest absolute Gasteiger partial charge is 0.225 e. The molecule has 0 atom stereocenters. The highest BCUT2D eigenvalue weighted by atomic mass is 35.5. The van der Waals surface area contributed by atoms with Crippen LogP contribution < -0.4 is 5.32 Å². The highest BCUT2D eigenvalue weighted by Gasteiger charge is 2.08. The van der Waals surface area contributed by atoms with Crippen molar-refractivity contribution < 1.29 is 4.79 Å². The summed E-state index contributed by atoms with van der Waals surface area (Å²) < 4.78 is 0. The molecule has 0 aliphatic rings. The molecule has 1 aromatic rings. The van der Waals surface area contributed by atoms with Gasteiger partial charge in [-0.2, -0.15) is 0 Å². The Kier molecular flexibility index (Phi) is 7.63. The normalized spacial score (nSPS) is 10.8. The average molecular weight is 297 g/mol. The van der Waals surface area contributed by atoms with Gasteiger partial charge in [0.1, 0.15) is 0 Å². The number of carbonyl (C=O) groups is 1. The number of aryl methyl sites for hydroxylation is 1. The van der Waals surface area contributed by atoms with Gasteiger partial charge in [-0.15, -0.1) is 0 Å². The van der Waals surface area contributed by atoms with Crippen molar-refractivity contribution in [3.05, 3.63) is 28.8 Å². The SMILES string of the molecule is CCCN(CCC)CCC(=O)Nc1cc(Cl)ccc1C. The maximum Gasteiger partial charge on any atom is 0.225 e. The van der Waals surface area contributed by atoms with E-state index in [9.17, 15) is 4.79 Å². The fourth-order valence-electron chi connectivity index (χ4n) is 2.17. The molecular weight excluding hydrogens is 272 g/mol. The Labute approximate surface area is 127 Å². The lowest BCUT2D eigenvalue weighted by Gasteiger charge is -2.20. The largest absolute Gasteiger partial charge is 0.326 e. The van der Waals surface area contributed by atoms with E-state index in [1.165, 1.54) is 0 Å². The molecule has 1 rings (SSSR count). The molecule has 0 radical (unpaired) electrons. The van der Waals surface area contributed by atoms with E-state index in [0.29, 0.717) is 11.4 Å². The summed E-state index contributed by atoms with van der Waals surface area (Å²) in [6, 6.07) is 5.54. The lowest BCUT2D eigenvalue weighted by Crippen LogP contribution is -2.29. The summed E-state index contributed by atoms with van der Waals surface area (Å²) in [4.78, 5) is 14.3. The number of halogens is 1. The second-order valence-corrected chi connectivity index (χ2v) is 5.54. The predicted octanol–water partition coefficient (Wildman–Crippen LogP) is 4.10. The molecule has 20 heavy (non-hydrogen) atoms. The van der Waals surface area contributed by atoms with Gasteiger partial charge in [0.25, 0.3) is 0 Å². The number of carbonyl (C=O) groups excluding carboxylic acids is 1. The Morgan fingerprint density at radius 1 is 1.20 bits per heavy atom. The topological polar surface area (TPSA) is 32.3 Å². The maximum atomic E-state index is 12.0. The first kappa shape index (κ1) is 17.0. The quantitative estimate of drug-likeness (QED) is 0.783. The van der Waals surface area contributed by atoms with Gasteiger partial charge in [-0.05, 0) is 50.6 Å². The van der Waals surface area contributed by atoms with E-state index in [-0.39, 0.29) is 5.91 Å². The zero-order chi connectivity index (χ0) is 15.0. The molecule has 3 nitrogen and oxygen atoms in total. The summed E-state index contributed by atoms with van der Waals surface area (Å²) in [6.45, 7) is 9.21. The summed E-state index contributed by atoms with van der Waals surface area (Å²) >= 11 is 5.95. The fourth-order valence-corrected chi connectivity index (χ4v) is 2.34. The third-order valence-electron chi connectivity index (χ3n) is 3.21. The molecular formula is C16H25ClN2O. The number of hydrogen-bond acceptors (Lipinski definition) is 2. The van der Waals surface area contributed by atoms with Gasteiger partial charge in [0.2, 0.25) is 5.91 Å². The Bertz CT molecular complexity index is 428. The second-order valence-electron chi connectivity index (χ2n) is 5.10. The number of hydrogen-bond donors (Lipinski definition) is 1. The van der Waals surface area contributed by atoms with Gasteiger partial charge in [-0.25, -0.2) is 0 Å². The molecule has 0 aliphatic heterocycles. The number of nitrogens with one attached hydrogen (secondary N) is 1. The summed E-state index contributed by atoms with van der Waals surface area (Å²) in [7, 11) is 0. The minimum atomic E-state index is 0.0487. The van der Waals surface area contributed by atoms with Crippen LogP contribution in [-0.2, 0) is 4.79 Å². The van der Waals surface area contributed by atoms with Crippen molar-refractivity contribution in [1.29, 1.82) is 0 Å². The van der Waals surface area contributed by atoms with Crippen LogP contribution in [0.2, 0.25) is 5.02 Å². The van der Waals surface area contributed by atoms with Crippen molar-refractivity contribution in [2.24, 2.45) is 0 Å². The van der Waals surface area contributed by atoms with E-state index in [2.05, 4.69) is 24.1 Å². The fraction of sp³-hybridized carbons (Fsp3) is 0.562. The van der Waals surface area contributed by atoms with Crippen molar-refractivity contribution >= 4 is 23.2 Å².